The molecule has 0 aromatic heterocycles. The van der Waals surface area contributed by atoms with E-state index in [0.29, 0.717) is 12.3 Å². The Hall–Kier alpha value is -2.23. The van der Waals surface area contributed by atoms with Gasteiger partial charge in [0.15, 0.2) is 11.5 Å². The first-order valence-electron chi connectivity index (χ1n) is 9.24. The predicted octanol–water partition coefficient (Wildman–Crippen LogP) is 4.89. The lowest BCUT2D eigenvalue weighted by molar-refractivity contribution is -0.0500. The molecule has 0 unspecified atom stereocenters. The fraction of sp³-hybridized carbons (Fsp3) is 0.550. The number of methoxy groups -OCH3 is 2. The molecule has 0 N–H and O–H groups in total. The van der Waals surface area contributed by atoms with Crippen LogP contribution in [0.25, 0.3) is 0 Å². The molecule has 0 radical (unpaired) electrons. The second kappa shape index (κ2) is 8.49. The predicted molar refractivity (Wildman–Crippen MR) is 104 cm³/mol. The molecule has 1 aliphatic carbocycles. The van der Waals surface area contributed by atoms with Gasteiger partial charge in [0.1, 0.15) is 17.1 Å². The number of ketones is 1. The van der Waals surface area contributed by atoms with Crippen molar-refractivity contribution in [2.24, 2.45) is 11.3 Å². The number of alkyl halides is 3. The molecule has 6 nitrogen and oxygen atoms in total. The normalized spacial score (nSPS) is 19.6. The summed E-state index contributed by atoms with van der Waals surface area (Å²) in [6.07, 6.45) is 3.47. The molecule has 30 heavy (non-hydrogen) atoms. The van der Waals surface area contributed by atoms with Gasteiger partial charge in [0, 0.05) is 18.6 Å². The van der Waals surface area contributed by atoms with Crippen molar-refractivity contribution in [3.63, 3.8) is 0 Å². The van der Waals surface area contributed by atoms with E-state index >= 15 is 0 Å². The Morgan fingerprint density at radius 2 is 1.77 bits per heavy atom. The number of allylic oxidation sites excluding steroid dienone is 2. The Morgan fingerprint density at radius 3 is 2.23 bits per heavy atom. The Morgan fingerprint density at radius 1 is 1.17 bits per heavy atom. The zero-order valence-corrected chi connectivity index (χ0v) is 18.2. The van der Waals surface area contributed by atoms with Crippen LogP contribution in [-0.2, 0) is 10.1 Å². The van der Waals surface area contributed by atoms with Crippen LogP contribution in [0.5, 0.6) is 17.2 Å². The van der Waals surface area contributed by atoms with Crippen molar-refractivity contribution >= 4 is 15.9 Å². The van der Waals surface area contributed by atoms with Gasteiger partial charge in [-0.2, -0.15) is 21.6 Å². The summed E-state index contributed by atoms with van der Waals surface area (Å²) in [4.78, 5) is 13.1. The van der Waals surface area contributed by atoms with Gasteiger partial charge in [-0.1, -0.05) is 32.4 Å². The van der Waals surface area contributed by atoms with Crippen LogP contribution in [0, 0.1) is 11.3 Å². The van der Waals surface area contributed by atoms with Crippen molar-refractivity contribution in [1.82, 2.24) is 0 Å². The molecule has 1 atom stereocenters. The van der Waals surface area contributed by atoms with Crippen molar-refractivity contribution in [3.05, 3.63) is 29.3 Å². The lowest BCUT2D eigenvalue weighted by Crippen LogP contribution is -2.29. The molecule has 1 aliphatic rings. The number of hydrogen-bond acceptors (Lipinski definition) is 6. The number of carbonyl (C=O) groups is 1. The average Bonchev–Trinajstić information content (AvgIpc) is 3.01. The molecular weight excluding hydrogens is 425 g/mol. The van der Waals surface area contributed by atoms with Crippen molar-refractivity contribution in [2.45, 2.75) is 45.5 Å². The van der Waals surface area contributed by atoms with Gasteiger partial charge >= 0.3 is 15.6 Å². The molecule has 0 spiro atoms. The summed E-state index contributed by atoms with van der Waals surface area (Å²) in [5.41, 5.74) is -5.35. The number of halogens is 3. The molecule has 168 valence electrons. The first kappa shape index (κ1) is 24.0. The second-order valence-corrected chi connectivity index (χ2v) is 9.35. The summed E-state index contributed by atoms with van der Waals surface area (Å²) < 4.78 is 76.1. The molecule has 0 heterocycles. The largest absolute Gasteiger partial charge is 0.534 e. The minimum Gasteiger partial charge on any atom is -0.496 e. The van der Waals surface area contributed by atoms with E-state index in [1.54, 1.807) is 0 Å². The van der Waals surface area contributed by atoms with Crippen LogP contribution < -0.4 is 13.7 Å². The summed E-state index contributed by atoms with van der Waals surface area (Å²) in [6, 6.07) is 2.21. The van der Waals surface area contributed by atoms with Crippen LogP contribution in [0.3, 0.4) is 0 Å². The average molecular weight is 450 g/mol. The first-order valence-corrected chi connectivity index (χ1v) is 10.7. The minimum atomic E-state index is -5.99. The van der Waals surface area contributed by atoms with E-state index in [4.69, 9.17) is 9.47 Å². The highest BCUT2D eigenvalue weighted by atomic mass is 32.2. The quantitative estimate of drug-likeness (QED) is 0.243. The Bertz CT molecular complexity index is 950. The van der Waals surface area contributed by atoms with Crippen LogP contribution >= 0.6 is 0 Å². The van der Waals surface area contributed by atoms with Gasteiger partial charge in [0.2, 0.25) is 0 Å². The minimum absolute atomic E-state index is 0.0233. The Kier molecular flexibility index (Phi) is 6.80. The SMILES string of the molecule is COc1cc(OC)c(C(=O)C[C@@]2(C)C=C(C(C)C)CC2)c(OS(=O)(=O)C(F)(F)F)c1. The Balaban J connectivity index is 2.51. The van der Waals surface area contributed by atoms with Gasteiger partial charge in [0.05, 0.1) is 14.2 Å². The lowest BCUT2D eigenvalue weighted by Gasteiger charge is -2.22. The third-order valence-corrected chi connectivity index (χ3v) is 6.05. The highest BCUT2D eigenvalue weighted by Crippen LogP contribution is 2.44. The zero-order chi connectivity index (χ0) is 22.9. The van der Waals surface area contributed by atoms with E-state index in [9.17, 15) is 26.4 Å². The number of rotatable bonds is 8. The highest BCUT2D eigenvalue weighted by molar-refractivity contribution is 7.88. The lowest BCUT2D eigenvalue weighted by atomic mass is 9.83. The monoisotopic (exact) mass is 450 g/mol. The van der Waals surface area contributed by atoms with E-state index in [2.05, 4.69) is 4.18 Å². The van der Waals surface area contributed by atoms with Gasteiger partial charge in [-0.15, -0.1) is 0 Å². The van der Waals surface area contributed by atoms with Crippen molar-refractivity contribution < 1.29 is 40.0 Å². The molecule has 0 saturated heterocycles. The van der Waals surface area contributed by atoms with E-state index in [-0.39, 0.29) is 23.5 Å². The number of hydrogen-bond donors (Lipinski definition) is 0. The molecule has 0 amide bonds. The van der Waals surface area contributed by atoms with Gasteiger partial charge in [0.25, 0.3) is 0 Å². The summed E-state index contributed by atoms with van der Waals surface area (Å²) in [7, 11) is -3.55. The molecule has 0 bridgehead atoms. The van der Waals surface area contributed by atoms with Crippen LogP contribution in [-0.4, -0.2) is 33.9 Å². The van der Waals surface area contributed by atoms with Crippen molar-refractivity contribution in [2.75, 3.05) is 14.2 Å². The standard InChI is InChI=1S/C20H25F3O6S/c1-12(2)13-6-7-19(3,10-13)11-15(24)18-16(28-5)8-14(27-4)9-17(18)29-30(25,26)20(21,22)23/h8-10,12H,6-7,11H2,1-5H3/t19-/m1/s1. The van der Waals surface area contributed by atoms with E-state index < -0.39 is 32.6 Å². The molecule has 1 aromatic rings. The van der Waals surface area contributed by atoms with Crippen LogP contribution in [0.15, 0.2) is 23.8 Å². The summed E-state index contributed by atoms with van der Waals surface area (Å²) in [5.74, 6) is -1.23. The van der Waals surface area contributed by atoms with Gasteiger partial charge in [-0.25, -0.2) is 0 Å². The summed E-state index contributed by atoms with van der Waals surface area (Å²) >= 11 is 0. The number of ether oxygens (including phenoxy) is 2. The fourth-order valence-electron chi connectivity index (χ4n) is 3.42. The second-order valence-electron chi connectivity index (χ2n) is 7.81. The summed E-state index contributed by atoms with van der Waals surface area (Å²) in [5, 5.41) is 0. The summed E-state index contributed by atoms with van der Waals surface area (Å²) in [6.45, 7) is 5.96. The molecule has 2 rings (SSSR count). The maximum Gasteiger partial charge on any atom is 0.534 e. The van der Waals surface area contributed by atoms with Gasteiger partial charge < -0.3 is 13.7 Å². The molecule has 0 fully saturated rings. The van der Waals surface area contributed by atoms with E-state index in [0.717, 1.165) is 12.5 Å². The van der Waals surface area contributed by atoms with Crippen molar-refractivity contribution in [3.8, 4) is 17.2 Å². The van der Waals surface area contributed by atoms with Crippen LogP contribution in [0.2, 0.25) is 0 Å². The third-order valence-electron chi connectivity index (χ3n) is 5.08. The van der Waals surface area contributed by atoms with Crippen molar-refractivity contribution in [1.29, 1.82) is 0 Å². The zero-order valence-electron chi connectivity index (χ0n) is 17.4. The highest BCUT2D eigenvalue weighted by Gasteiger charge is 2.49. The molecule has 0 aliphatic heterocycles. The smallest absolute Gasteiger partial charge is 0.496 e. The Labute approximate surface area is 174 Å². The molecule has 1 aromatic carbocycles. The van der Waals surface area contributed by atoms with E-state index in [1.807, 2.05) is 26.8 Å². The topological polar surface area (TPSA) is 78.9 Å². The number of carbonyl (C=O) groups excluding carboxylic acids is 1. The maximum atomic E-state index is 13.1. The van der Waals surface area contributed by atoms with Gasteiger partial charge in [-0.05, 0) is 24.2 Å². The molecule has 0 saturated carbocycles. The first-order chi connectivity index (χ1) is 13.7. The molecule has 10 heteroatoms. The van der Waals surface area contributed by atoms with E-state index in [1.165, 1.54) is 25.9 Å². The van der Waals surface area contributed by atoms with Crippen LogP contribution in [0.4, 0.5) is 13.2 Å². The van der Waals surface area contributed by atoms with Crippen LogP contribution in [0.1, 0.15) is 50.4 Å². The number of Topliss-reactive ketones (excluding diaryl/α,β-unsaturated/α-hetero) is 1. The van der Waals surface area contributed by atoms with Gasteiger partial charge in [-0.3, -0.25) is 4.79 Å². The maximum absolute atomic E-state index is 13.1. The number of benzene rings is 1. The fourth-order valence-corrected chi connectivity index (χ4v) is 3.88. The molecular formula is C20H25F3O6S. The third kappa shape index (κ3) is 5.08.